The van der Waals surface area contributed by atoms with Crippen LogP contribution in [0.5, 0.6) is 0 Å². The van der Waals surface area contributed by atoms with E-state index in [2.05, 4.69) is 22.2 Å². The molecule has 2 atom stereocenters. The van der Waals surface area contributed by atoms with Crippen molar-refractivity contribution in [3.05, 3.63) is 11.9 Å². The summed E-state index contributed by atoms with van der Waals surface area (Å²) in [5.74, 6) is 2.86. The van der Waals surface area contributed by atoms with Crippen LogP contribution in [0, 0.1) is 0 Å². The molecule has 1 aliphatic carbocycles. The highest BCUT2D eigenvalue weighted by Gasteiger charge is 2.27. The number of nitrogens with one attached hydrogen (secondary N) is 1. The predicted octanol–water partition coefficient (Wildman–Crippen LogP) is 1.92. The fraction of sp³-hybridized carbons (Fsp3) is 0.692. The lowest BCUT2D eigenvalue weighted by atomic mass is 10.0. The number of nitrogens with two attached hydrogens (primary N) is 1. The summed E-state index contributed by atoms with van der Waals surface area (Å²) in [6, 6.07) is 2.25. The van der Waals surface area contributed by atoms with Crippen LogP contribution >= 0.6 is 0 Å². The summed E-state index contributed by atoms with van der Waals surface area (Å²) < 4.78 is 5.54. The van der Waals surface area contributed by atoms with Crippen LogP contribution in [0.4, 0.5) is 11.6 Å². The van der Waals surface area contributed by atoms with Crippen molar-refractivity contribution >= 4 is 11.6 Å². The smallest absolute Gasteiger partial charge is 0.136 e. The van der Waals surface area contributed by atoms with Gasteiger partial charge in [0.1, 0.15) is 17.5 Å². The van der Waals surface area contributed by atoms with Gasteiger partial charge in [-0.05, 0) is 32.6 Å². The zero-order chi connectivity index (χ0) is 12.5. The lowest BCUT2D eigenvalue weighted by Crippen LogP contribution is -2.32. The Hall–Kier alpha value is -1.36. The van der Waals surface area contributed by atoms with E-state index in [-0.39, 0.29) is 0 Å². The van der Waals surface area contributed by atoms with Crippen molar-refractivity contribution in [1.29, 1.82) is 0 Å². The molecular weight excluding hydrogens is 228 g/mol. The molecule has 0 spiro atoms. The van der Waals surface area contributed by atoms with Gasteiger partial charge in [0.15, 0.2) is 0 Å². The van der Waals surface area contributed by atoms with Crippen LogP contribution in [0.1, 0.15) is 44.3 Å². The Labute approximate surface area is 107 Å². The van der Waals surface area contributed by atoms with E-state index in [0.717, 1.165) is 31.1 Å². The third-order valence-corrected chi connectivity index (χ3v) is 3.54. The van der Waals surface area contributed by atoms with Crippen LogP contribution in [0.15, 0.2) is 6.07 Å². The Morgan fingerprint density at radius 2 is 2.17 bits per heavy atom. The number of aromatic nitrogens is 2. The molecule has 1 saturated heterocycles. The molecule has 98 valence electrons. The minimum Gasteiger partial charge on any atom is -0.384 e. The van der Waals surface area contributed by atoms with E-state index in [1.807, 2.05) is 6.07 Å². The Bertz CT molecular complexity index is 433. The molecule has 5 heteroatoms. The highest BCUT2D eigenvalue weighted by molar-refractivity contribution is 5.46. The summed E-state index contributed by atoms with van der Waals surface area (Å²) >= 11 is 0. The van der Waals surface area contributed by atoms with Crippen molar-refractivity contribution in [2.24, 2.45) is 0 Å². The summed E-state index contributed by atoms with van der Waals surface area (Å²) in [5.41, 5.74) is 5.84. The van der Waals surface area contributed by atoms with E-state index in [0.29, 0.717) is 23.9 Å². The molecule has 5 nitrogen and oxygen atoms in total. The van der Waals surface area contributed by atoms with Crippen molar-refractivity contribution in [3.63, 3.8) is 0 Å². The molecule has 1 saturated carbocycles. The number of hydrogen-bond acceptors (Lipinski definition) is 5. The summed E-state index contributed by atoms with van der Waals surface area (Å²) in [7, 11) is 0. The van der Waals surface area contributed by atoms with Crippen LogP contribution in [0.25, 0.3) is 0 Å². The van der Waals surface area contributed by atoms with Gasteiger partial charge in [0.05, 0.1) is 6.10 Å². The first-order valence-corrected chi connectivity index (χ1v) is 6.73. The van der Waals surface area contributed by atoms with E-state index in [4.69, 9.17) is 10.5 Å². The van der Waals surface area contributed by atoms with Crippen molar-refractivity contribution in [3.8, 4) is 0 Å². The van der Waals surface area contributed by atoms with Crippen LogP contribution in [-0.2, 0) is 4.74 Å². The zero-order valence-corrected chi connectivity index (χ0v) is 10.7. The molecule has 18 heavy (non-hydrogen) atoms. The van der Waals surface area contributed by atoms with Gasteiger partial charge in [-0.25, -0.2) is 9.97 Å². The van der Waals surface area contributed by atoms with Gasteiger partial charge in [0.25, 0.3) is 0 Å². The maximum absolute atomic E-state index is 5.84. The topological polar surface area (TPSA) is 73.1 Å². The number of nitrogens with zero attached hydrogens (tertiary/aromatic N) is 2. The second-order valence-corrected chi connectivity index (χ2v) is 5.36. The summed E-state index contributed by atoms with van der Waals surface area (Å²) in [6.07, 6.45) is 4.74. The molecule has 3 N–H and O–H groups in total. The van der Waals surface area contributed by atoms with Crippen LogP contribution < -0.4 is 11.1 Å². The van der Waals surface area contributed by atoms with Gasteiger partial charge >= 0.3 is 0 Å². The quantitative estimate of drug-likeness (QED) is 0.855. The van der Waals surface area contributed by atoms with Crippen molar-refractivity contribution in [2.45, 2.75) is 50.7 Å². The van der Waals surface area contributed by atoms with Gasteiger partial charge in [-0.2, -0.15) is 0 Å². The molecule has 1 aromatic heterocycles. The minimum absolute atomic E-state index is 0.318. The zero-order valence-electron chi connectivity index (χ0n) is 10.7. The number of anilines is 2. The number of hydrogen-bond donors (Lipinski definition) is 2. The van der Waals surface area contributed by atoms with Gasteiger partial charge in [-0.15, -0.1) is 0 Å². The summed E-state index contributed by atoms with van der Waals surface area (Å²) in [4.78, 5) is 8.88. The maximum atomic E-state index is 5.84. The third kappa shape index (κ3) is 2.72. The highest BCUT2D eigenvalue weighted by Crippen LogP contribution is 2.38. The normalized spacial score (nSPS) is 28.1. The van der Waals surface area contributed by atoms with Crippen LogP contribution in [0.3, 0.4) is 0 Å². The average molecular weight is 248 g/mol. The number of nitrogen functional groups attached to an aromatic ring is 1. The van der Waals surface area contributed by atoms with Gasteiger partial charge in [0, 0.05) is 24.6 Å². The monoisotopic (exact) mass is 248 g/mol. The Morgan fingerprint density at radius 1 is 1.33 bits per heavy atom. The number of rotatable bonds is 3. The predicted molar refractivity (Wildman–Crippen MR) is 70.5 cm³/mol. The number of ether oxygens (including phenoxy) is 1. The summed E-state index contributed by atoms with van der Waals surface area (Å²) in [6.45, 7) is 2.92. The van der Waals surface area contributed by atoms with Crippen molar-refractivity contribution in [1.82, 2.24) is 9.97 Å². The molecule has 1 aliphatic heterocycles. The molecule has 2 aliphatic rings. The average Bonchev–Trinajstić information content (AvgIpc) is 3.11. The highest BCUT2D eigenvalue weighted by atomic mass is 16.5. The second kappa shape index (κ2) is 4.72. The fourth-order valence-electron chi connectivity index (χ4n) is 2.42. The molecule has 0 bridgehead atoms. The largest absolute Gasteiger partial charge is 0.384 e. The second-order valence-electron chi connectivity index (χ2n) is 5.36. The van der Waals surface area contributed by atoms with Gasteiger partial charge in [-0.3, -0.25) is 0 Å². The Balaban J connectivity index is 1.71. The first-order valence-electron chi connectivity index (χ1n) is 6.73. The molecule has 2 unspecified atom stereocenters. The van der Waals surface area contributed by atoms with E-state index in [1.165, 1.54) is 12.8 Å². The lowest BCUT2D eigenvalue weighted by Gasteiger charge is -2.28. The van der Waals surface area contributed by atoms with E-state index in [9.17, 15) is 0 Å². The first-order chi connectivity index (χ1) is 8.70. The van der Waals surface area contributed by atoms with E-state index in [1.54, 1.807) is 0 Å². The van der Waals surface area contributed by atoms with E-state index >= 15 is 0 Å². The molecule has 2 fully saturated rings. The first kappa shape index (κ1) is 11.7. The van der Waals surface area contributed by atoms with Crippen molar-refractivity contribution in [2.75, 3.05) is 17.7 Å². The SMILES string of the molecule is CC1CC(Nc2cc(N)nc(C3CC3)n2)CCO1. The fourth-order valence-corrected chi connectivity index (χ4v) is 2.42. The third-order valence-electron chi connectivity index (χ3n) is 3.54. The van der Waals surface area contributed by atoms with E-state index < -0.39 is 0 Å². The minimum atomic E-state index is 0.318. The Morgan fingerprint density at radius 3 is 2.89 bits per heavy atom. The molecular formula is C13H20N4O. The van der Waals surface area contributed by atoms with Gasteiger partial charge in [-0.1, -0.05) is 0 Å². The molecule has 0 radical (unpaired) electrons. The molecule has 0 amide bonds. The van der Waals surface area contributed by atoms with Crippen LogP contribution in [-0.4, -0.2) is 28.7 Å². The molecule has 3 rings (SSSR count). The molecule has 0 aromatic carbocycles. The lowest BCUT2D eigenvalue weighted by molar-refractivity contribution is 0.0232. The maximum Gasteiger partial charge on any atom is 0.136 e. The summed E-state index contributed by atoms with van der Waals surface area (Å²) in [5, 5.41) is 3.46. The standard InChI is InChI=1S/C13H20N4O/c1-8-6-10(4-5-18-8)15-12-7-11(14)16-13(17-12)9-2-3-9/h7-10H,2-6H2,1H3,(H3,14,15,16,17). The Kier molecular flexibility index (Phi) is 3.07. The van der Waals surface area contributed by atoms with Crippen molar-refractivity contribution < 1.29 is 4.74 Å². The molecule has 1 aromatic rings. The van der Waals surface area contributed by atoms with Gasteiger partial charge in [0.2, 0.25) is 0 Å². The molecule has 2 heterocycles. The van der Waals surface area contributed by atoms with Gasteiger partial charge < -0.3 is 15.8 Å². The van der Waals surface area contributed by atoms with Crippen LogP contribution in [0.2, 0.25) is 0 Å².